The first kappa shape index (κ1) is 11.2. The van der Waals surface area contributed by atoms with Crippen molar-refractivity contribution in [3.63, 3.8) is 0 Å². The molecule has 0 spiro atoms. The zero-order valence-electron chi connectivity index (χ0n) is 7.62. The molecule has 3 nitrogen and oxygen atoms in total. The van der Waals surface area contributed by atoms with E-state index in [-0.39, 0.29) is 5.97 Å². The Bertz CT molecular complexity index is 154. The molecule has 0 heterocycles. The Morgan fingerprint density at radius 1 is 1.67 bits per heavy atom. The zero-order chi connectivity index (χ0) is 9.56. The lowest BCUT2D eigenvalue weighted by Gasteiger charge is -2.16. The number of aliphatic hydroxyl groups excluding tert-OH is 1. The van der Waals surface area contributed by atoms with Gasteiger partial charge in [0, 0.05) is 0 Å². The van der Waals surface area contributed by atoms with Crippen molar-refractivity contribution in [3.05, 3.63) is 12.7 Å². The summed E-state index contributed by atoms with van der Waals surface area (Å²) in [6.45, 7) is 7.33. The van der Waals surface area contributed by atoms with Crippen LogP contribution in [0.2, 0.25) is 0 Å². The number of carbonyl (C=O) groups excluding carboxylic acids is 1. The second kappa shape index (κ2) is 5.77. The summed E-state index contributed by atoms with van der Waals surface area (Å²) in [5, 5.41) is 9.30. The summed E-state index contributed by atoms with van der Waals surface area (Å²) in [6.07, 6.45) is 1.12. The van der Waals surface area contributed by atoms with E-state index in [4.69, 9.17) is 4.74 Å². The van der Waals surface area contributed by atoms with Gasteiger partial charge in [-0.15, -0.1) is 6.58 Å². The molecule has 0 saturated heterocycles. The van der Waals surface area contributed by atoms with Gasteiger partial charge in [0.15, 0.2) is 0 Å². The first-order valence-corrected chi connectivity index (χ1v) is 4.14. The van der Waals surface area contributed by atoms with Gasteiger partial charge in [0.25, 0.3) is 0 Å². The third kappa shape index (κ3) is 3.05. The second-order valence-electron chi connectivity index (χ2n) is 2.49. The second-order valence-corrected chi connectivity index (χ2v) is 2.49. The Morgan fingerprint density at radius 2 is 2.25 bits per heavy atom. The Hall–Kier alpha value is -0.830. The SMILES string of the molecule is C=CC(O)C(CC)C(=O)OCC. The normalized spacial score (nSPS) is 14.9. The fraction of sp³-hybridized carbons (Fsp3) is 0.667. The fourth-order valence-electron chi connectivity index (χ4n) is 0.961. The molecule has 0 aromatic heterocycles. The zero-order valence-corrected chi connectivity index (χ0v) is 7.62. The number of ether oxygens (including phenoxy) is 1. The Balaban J connectivity index is 4.13. The summed E-state index contributed by atoms with van der Waals surface area (Å²) < 4.78 is 4.77. The summed E-state index contributed by atoms with van der Waals surface area (Å²) in [4.78, 5) is 11.1. The highest BCUT2D eigenvalue weighted by Crippen LogP contribution is 2.11. The van der Waals surface area contributed by atoms with Crippen LogP contribution in [-0.2, 0) is 9.53 Å². The summed E-state index contributed by atoms with van der Waals surface area (Å²) in [6, 6.07) is 0. The van der Waals surface area contributed by atoms with E-state index in [9.17, 15) is 9.90 Å². The van der Waals surface area contributed by atoms with Crippen molar-refractivity contribution in [1.29, 1.82) is 0 Å². The van der Waals surface area contributed by atoms with Crippen molar-refractivity contribution in [2.24, 2.45) is 5.92 Å². The molecule has 0 bridgehead atoms. The van der Waals surface area contributed by atoms with Crippen molar-refractivity contribution in [2.75, 3.05) is 6.61 Å². The van der Waals surface area contributed by atoms with Crippen molar-refractivity contribution >= 4 is 5.97 Å². The van der Waals surface area contributed by atoms with Crippen LogP contribution >= 0.6 is 0 Å². The van der Waals surface area contributed by atoms with E-state index in [1.807, 2.05) is 6.92 Å². The minimum atomic E-state index is -0.797. The van der Waals surface area contributed by atoms with Crippen molar-refractivity contribution in [2.45, 2.75) is 26.4 Å². The number of esters is 1. The maximum absolute atomic E-state index is 11.1. The minimum absolute atomic E-state index is 0.346. The maximum Gasteiger partial charge on any atom is 0.311 e. The topological polar surface area (TPSA) is 46.5 Å². The van der Waals surface area contributed by atoms with Crippen LogP contribution in [-0.4, -0.2) is 23.8 Å². The van der Waals surface area contributed by atoms with Gasteiger partial charge >= 0.3 is 5.97 Å². The van der Waals surface area contributed by atoms with Gasteiger partial charge < -0.3 is 9.84 Å². The third-order valence-electron chi connectivity index (χ3n) is 1.68. The predicted molar refractivity (Wildman–Crippen MR) is 46.6 cm³/mol. The molecule has 0 aromatic rings. The van der Waals surface area contributed by atoms with E-state index in [1.54, 1.807) is 6.92 Å². The highest BCUT2D eigenvalue weighted by atomic mass is 16.5. The predicted octanol–water partition coefficient (Wildman–Crippen LogP) is 1.12. The average molecular weight is 172 g/mol. The van der Waals surface area contributed by atoms with Crippen molar-refractivity contribution in [3.8, 4) is 0 Å². The molecule has 12 heavy (non-hydrogen) atoms. The van der Waals surface area contributed by atoms with Gasteiger partial charge in [0.2, 0.25) is 0 Å². The van der Waals surface area contributed by atoms with Gasteiger partial charge in [-0.05, 0) is 13.3 Å². The van der Waals surface area contributed by atoms with Gasteiger partial charge in [-0.25, -0.2) is 0 Å². The molecule has 0 amide bonds. The Labute approximate surface area is 73.0 Å². The van der Waals surface area contributed by atoms with Crippen LogP contribution in [0, 0.1) is 5.92 Å². The van der Waals surface area contributed by atoms with E-state index in [2.05, 4.69) is 6.58 Å². The molecule has 0 saturated carbocycles. The van der Waals surface area contributed by atoms with Crippen LogP contribution < -0.4 is 0 Å². The monoisotopic (exact) mass is 172 g/mol. The maximum atomic E-state index is 11.1. The highest BCUT2D eigenvalue weighted by Gasteiger charge is 2.23. The smallest absolute Gasteiger partial charge is 0.311 e. The number of rotatable bonds is 5. The number of aliphatic hydroxyl groups is 1. The molecule has 2 unspecified atom stereocenters. The van der Waals surface area contributed by atoms with Crippen LogP contribution in [0.1, 0.15) is 20.3 Å². The molecule has 2 atom stereocenters. The van der Waals surface area contributed by atoms with Gasteiger partial charge in [-0.1, -0.05) is 13.0 Å². The van der Waals surface area contributed by atoms with Crippen LogP contribution in [0.25, 0.3) is 0 Å². The quantitative estimate of drug-likeness (QED) is 0.499. The third-order valence-corrected chi connectivity index (χ3v) is 1.68. The molecule has 70 valence electrons. The van der Waals surface area contributed by atoms with Gasteiger partial charge in [0.05, 0.1) is 18.6 Å². The number of hydrogen-bond donors (Lipinski definition) is 1. The minimum Gasteiger partial charge on any atom is -0.466 e. The summed E-state index contributed by atoms with van der Waals surface area (Å²) in [5.74, 6) is -0.824. The van der Waals surface area contributed by atoms with E-state index < -0.39 is 12.0 Å². The molecule has 0 aliphatic rings. The van der Waals surface area contributed by atoms with Crippen LogP contribution in [0.4, 0.5) is 0 Å². The van der Waals surface area contributed by atoms with E-state index in [0.717, 1.165) is 0 Å². The van der Waals surface area contributed by atoms with Crippen LogP contribution in [0.15, 0.2) is 12.7 Å². The Kier molecular flexibility index (Phi) is 5.37. The Morgan fingerprint density at radius 3 is 2.58 bits per heavy atom. The molecule has 0 rings (SSSR count). The first-order valence-electron chi connectivity index (χ1n) is 4.14. The standard InChI is InChI=1S/C9H16O3/c1-4-7(8(10)5-2)9(11)12-6-3/h5,7-8,10H,2,4,6H2,1,3H3. The van der Waals surface area contributed by atoms with E-state index in [0.29, 0.717) is 13.0 Å². The molecule has 3 heteroatoms. The molecule has 0 aliphatic carbocycles. The van der Waals surface area contributed by atoms with E-state index in [1.165, 1.54) is 6.08 Å². The average Bonchev–Trinajstić information content (AvgIpc) is 2.06. The van der Waals surface area contributed by atoms with Crippen molar-refractivity contribution in [1.82, 2.24) is 0 Å². The molecular weight excluding hydrogens is 156 g/mol. The molecule has 0 aromatic carbocycles. The van der Waals surface area contributed by atoms with Gasteiger partial charge in [-0.2, -0.15) is 0 Å². The van der Waals surface area contributed by atoms with Gasteiger partial charge in [-0.3, -0.25) is 4.79 Å². The lowest BCUT2D eigenvalue weighted by molar-refractivity contribution is -0.151. The largest absolute Gasteiger partial charge is 0.466 e. The van der Waals surface area contributed by atoms with Crippen molar-refractivity contribution < 1.29 is 14.6 Å². The van der Waals surface area contributed by atoms with E-state index >= 15 is 0 Å². The summed E-state index contributed by atoms with van der Waals surface area (Å²) in [5.41, 5.74) is 0. The molecule has 0 aliphatic heterocycles. The number of hydrogen-bond acceptors (Lipinski definition) is 3. The molecule has 0 fully saturated rings. The summed E-state index contributed by atoms with van der Waals surface area (Å²) >= 11 is 0. The molecular formula is C9H16O3. The highest BCUT2D eigenvalue weighted by molar-refractivity contribution is 5.73. The lowest BCUT2D eigenvalue weighted by Crippen LogP contribution is -2.27. The molecule has 1 N–H and O–H groups in total. The summed E-state index contributed by atoms with van der Waals surface area (Å²) in [7, 11) is 0. The fourth-order valence-corrected chi connectivity index (χ4v) is 0.961. The van der Waals surface area contributed by atoms with Crippen LogP contribution in [0.5, 0.6) is 0 Å². The number of carbonyl (C=O) groups is 1. The lowest BCUT2D eigenvalue weighted by atomic mass is 10.00. The van der Waals surface area contributed by atoms with Gasteiger partial charge in [0.1, 0.15) is 0 Å². The molecule has 0 radical (unpaired) electrons. The first-order chi connectivity index (χ1) is 5.67. The van der Waals surface area contributed by atoms with Crippen LogP contribution in [0.3, 0.4) is 0 Å².